The van der Waals surface area contributed by atoms with E-state index >= 15 is 0 Å². The quantitative estimate of drug-likeness (QED) is 0.637. The number of rotatable bonds is 6. The van der Waals surface area contributed by atoms with E-state index in [1.165, 1.54) is 32.1 Å². The number of carbonyl (C=O) groups excluding carboxylic acids is 2. The van der Waals surface area contributed by atoms with Crippen LogP contribution in [0, 0.1) is 5.92 Å². The molecule has 2 fully saturated rings. The molecule has 1 aliphatic carbocycles. The summed E-state index contributed by atoms with van der Waals surface area (Å²) in [5.74, 6) is 0.630. The molecule has 4 N–H and O–H groups in total. The maximum Gasteiger partial charge on any atom is 0.237 e. The Hall–Kier alpha value is -1.10. The van der Waals surface area contributed by atoms with Gasteiger partial charge in [-0.05, 0) is 44.4 Å². The van der Waals surface area contributed by atoms with E-state index in [0.29, 0.717) is 19.0 Å². The maximum absolute atomic E-state index is 12.1. The molecule has 3 unspecified atom stereocenters. The summed E-state index contributed by atoms with van der Waals surface area (Å²) in [6, 6.07) is 0.522. The van der Waals surface area contributed by atoms with Gasteiger partial charge in [0, 0.05) is 19.0 Å². The second kappa shape index (κ2) is 7.62. The van der Waals surface area contributed by atoms with Crippen molar-refractivity contribution in [2.45, 2.75) is 69.9 Å². The number of nitrogens with two attached hydrogens (primary N) is 1. The van der Waals surface area contributed by atoms with Gasteiger partial charge in [0.1, 0.15) is 0 Å². The van der Waals surface area contributed by atoms with Crippen molar-refractivity contribution in [2.24, 2.45) is 11.7 Å². The van der Waals surface area contributed by atoms with Gasteiger partial charge in [0.25, 0.3) is 0 Å². The zero-order valence-corrected chi connectivity index (χ0v) is 12.2. The van der Waals surface area contributed by atoms with Gasteiger partial charge in [-0.15, -0.1) is 0 Å². The minimum atomic E-state index is -0.270. The van der Waals surface area contributed by atoms with Crippen molar-refractivity contribution < 1.29 is 9.59 Å². The molecule has 2 rings (SSSR count). The number of amides is 2. The van der Waals surface area contributed by atoms with Crippen molar-refractivity contribution in [3.63, 3.8) is 0 Å². The minimum Gasteiger partial charge on any atom is -0.370 e. The van der Waals surface area contributed by atoms with Gasteiger partial charge >= 0.3 is 0 Å². The van der Waals surface area contributed by atoms with Crippen molar-refractivity contribution in [3.8, 4) is 0 Å². The molecule has 1 saturated carbocycles. The first-order valence-corrected chi connectivity index (χ1v) is 7.99. The van der Waals surface area contributed by atoms with Crippen LogP contribution in [0.25, 0.3) is 0 Å². The normalized spacial score (nSPS) is 29.5. The molecule has 1 heterocycles. The monoisotopic (exact) mass is 281 g/mol. The first kappa shape index (κ1) is 15.3. The summed E-state index contributed by atoms with van der Waals surface area (Å²) in [4.78, 5) is 22.7. The number of unbranched alkanes of at least 4 members (excludes halogenated alkanes) is 1. The lowest BCUT2D eigenvalue weighted by molar-refractivity contribution is -0.124. The Labute approximate surface area is 121 Å². The number of hydrogen-bond acceptors (Lipinski definition) is 3. The smallest absolute Gasteiger partial charge is 0.237 e. The number of fused-ring (bicyclic) bond motifs is 1. The fraction of sp³-hybridized carbons (Fsp3) is 0.867. The van der Waals surface area contributed by atoms with E-state index in [2.05, 4.69) is 10.6 Å². The summed E-state index contributed by atoms with van der Waals surface area (Å²) >= 11 is 0. The van der Waals surface area contributed by atoms with Crippen molar-refractivity contribution in [3.05, 3.63) is 0 Å². The Morgan fingerprint density at radius 1 is 1.10 bits per heavy atom. The second-order valence-electron chi connectivity index (χ2n) is 6.16. The van der Waals surface area contributed by atoms with E-state index in [4.69, 9.17) is 5.73 Å². The molecule has 3 atom stereocenters. The Bertz CT molecular complexity index is 346. The van der Waals surface area contributed by atoms with E-state index in [9.17, 15) is 9.59 Å². The van der Waals surface area contributed by atoms with E-state index in [-0.39, 0.29) is 17.9 Å². The molecule has 0 bridgehead atoms. The third kappa shape index (κ3) is 4.47. The molecule has 114 valence electrons. The fourth-order valence-corrected chi connectivity index (χ4v) is 3.46. The number of nitrogens with one attached hydrogen (secondary N) is 2. The number of carbonyl (C=O) groups is 2. The topological polar surface area (TPSA) is 84.2 Å². The van der Waals surface area contributed by atoms with Gasteiger partial charge in [-0.2, -0.15) is 0 Å². The zero-order chi connectivity index (χ0) is 14.4. The number of hydrogen-bond donors (Lipinski definition) is 3. The van der Waals surface area contributed by atoms with Crippen LogP contribution in [-0.4, -0.2) is 30.4 Å². The molecular weight excluding hydrogens is 254 g/mol. The van der Waals surface area contributed by atoms with Gasteiger partial charge in [0.15, 0.2) is 0 Å². The van der Waals surface area contributed by atoms with Crippen molar-refractivity contribution >= 4 is 11.8 Å². The van der Waals surface area contributed by atoms with Crippen LogP contribution in [0.1, 0.15) is 57.8 Å². The SMILES string of the molecule is NC(=O)CCCCNC(=O)C1CCC2CCCCC2N1. The zero-order valence-electron chi connectivity index (χ0n) is 12.2. The standard InChI is InChI=1S/C15H27N3O2/c16-14(19)7-3-4-10-17-15(20)13-9-8-11-5-1-2-6-12(11)18-13/h11-13,18H,1-10H2,(H2,16,19)(H,17,20). The van der Waals surface area contributed by atoms with Crippen LogP contribution in [0.3, 0.4) is 0 Å². The molecule has 0 aromatic heterocycles. The molecule has 2 amide bonds. The summed E-state index contributed by atoms with van der Waals surface area (Å²) in [6.45, 7) is 0.637. The molecule has 1 saturated heterocycles. The molecule has 0 aromatic rings. The van der Waals surface area contributed by atoms with Crippen LogP contribution in [0.15, 0.2) is 0 Å². The predicted molar refractivity (Wildman–Crippen MR) is 78.0 cm³/mol. The van der Waals surface area contributed by atoms with Gasteiger partial charge in [-0.25, -0.2) is 0 Å². The highest BCUT2D eigenvalue weighted by Gasteiger charge is 2.34. The average molecular weight is 281 g/mol. The van der Waals surface area contributed by atoms with Crippen LogP contribution < -0.4 is 16.4 Å². The second-order valence-corrected chi connectivity index (χ2v) is 6.16. The predicted octanol–water partition coefficient (Wildman–Crippen LogP) is 1.07. The Balaban J connectivity index is 1.64. The largest absolute Gasteiger partial charge is 0.370 e. The maximum atomic E-state index is 12.1. The molecule has 0 aromatic carbocycles. The molecule has 2 aliphatic rings. The molecule has 5 heteroatoms. The van der Waals surface area contributed by atoms with Gasteiger partial charge < -0.3 is 16.4 Å². The van der Waals surface area contributed by atoms with Crippen molar-refractivity contribution in [2.75, 3.05) is 6.54 Å². The molecule has 20 heavy (non-hydrogen) atoms. The summed E-state index contributed by atoms with van der Waals surface area (Å²) in [6.07, 6.45) is 9.26. The highest BCUT2D eigenvalue weighted by atomic mass is 16.2. The van der Waals surface area contributed by atoms with E-state index in [0.717, 1.165) is 25.2 Å². The van der Waals surface area contributed by atoms with Crippen LogP contribution in [0.2, 0.25) is 0 Å². The highest BCUT2D eigenvalue weighted by molar-refractivity contribution is 5.81. The Kier molecular flexibility index (Phi) is 5.83. The number of piperidine rings is 1. The van der Waals surface area contributed by atoms with Crippen LogP contribution in [0.4, 0.5) is 0 Å². The minimum absolute atomic E-state index is 0.0227. The molecular formula is C15H27N3O2. The highest BCUT2D eigenvalue weighted by Crippen LogP contribution is 2.32. The lowest BCUT2D eigenvalue weighted by Gasteiger charge is -2.39. The lowest BCUT2D eigenvalue weighted by Crippen LogP contribution is -2.55. The van der Waals surface area contributed by atoms with Crippen molar-refractivity contribution in [1.82, 2.24) is 10.6 Å². The van der Waals surface area contributed by atoms with Crippen LogP contribution in [-0.2, 0) is 9.59 Å². The summed E-state index contributed by atoms with van der Waals surface area (Å²) < 4.78 is 0. The average Bonchev–Trinajstić information content (AvgIpc) is 2.46. The summed E-state index contributed by atoms with van der Waals surface area (Å²) in [5.41, 5.74) is 5.08. The molecule has 0 spiro atoms. The Morgan fingerprint density at radius 2 is 1.90 bits per heavy atom. The molecule has 1 aliphatic heterocycles. The molecule has 0 radical (unpaired) electrons. The van der Waals surface area contributed by atoms with Crippen LogP contribution in [0.5, 0.6) is 0 Å². The first-order chi connectivity index (χ1) is 9.66. The third-order valence-electron chi connectivity index (χ3n) is 4.62. The van der Waals surface area contributed by atoms with Crippen LogP contribution >= 0.6 is 0 Å². The van der Waals surface area contributed by atoms with E-state index in [1.807, 2.05) is 0 Å². The van der Waals surface area contributed by atoms with Gasteiger partial charge in [0.05, 0.1) is 6.04 Å². The van der Waals surface area contributed by atoms with Gasteiger partial charge in [0.2, 0.25) is 11.8 Å². The van der Waals surface area contributed by atoms with Gasteiger partial charge in [-0.1, -0.05) is 12.8 Å². The van der Waals surface area contributed by atoms with Gasteiger partial charge in [-0.3, -0.25) is 9.59 Å². The Morgan fingerprint density at radius 3 is 2.70 bits per heavy atom. The fourth-order valence-electron chi connectivity index (χ4n) is 3.46. The first-order valence-electron chi connectivity index (χ1n) is 7.99. The summed E-state index contributed by atoms with van der Waals surface area (Å²) in [7, 11) is 0. The van der Waals surface area contributed by atoms with E-state index < -0.39 is 0 Å². The lowest BCUT2D eigenvalue weighted by atomic mass is 9.77. The summed E-state index contributed by atoms with van der Waals surface area (Å²) in [5, 5.41) is 6.50. The third-order valence-corrected chi connectivity index (χ3v) is 4.62. The van der Waals surface area contributed by atoms with E-state index in [1.54, 1.807) is 0 Å². The van der Waals surface area contributed by atoms with Crippen molar-refractivity contribution in [1.29, 1.82) is 0 Å². The molecule has 5 nitrogen and oxygen atoms in total. The number of primary amides is 1.